The Bertz CT molecular complexity index is 353. The van der Waals surface area contributed by atoms with Crippen molar-refractivity contribution in [2.24, 2.45) is 16.8 Å². The van der Waals surface area contributed by atoms with Crippen LogP contribution in [0.1, 0.15) is 39.5 Å². The van der Waals surface area contributed by atoms with Crippen LogP contribution in [-0.2, 0) is 9.47 Å². The van der Waals surface area contributed by atoms with E-state index in [9.17, 15) is 0 Å². The van der Waals surface area contributed by atoms with Crippen molar-refractivity contribution >= 4 is 5.96 Å². The van der Waals surface area contributed by atoms with E-state index in [0.29, 0.717) is 17.9 Å². The normalized spacial score (nSPS) is 19.6. The molecule has 1 aliphatic rings. The second-order valence-corrected chi connectivity index (χ2v) is 7.15. The predicted octanol–water partition coefficient (Wildman–Crippen LogP) is 1.96. The van der Waals surface area contributed by atoms with Crippen LogP contribution in [0.2, 0.25) is 0 Å². The number of nitrogens with one attached hydrogen (secondary N) is 2. The Morgan fingerprint density at radius 3 is 2.60 bits per heavy atom. The zero-order valence-corrected chi connectivity index (χ0v) is 17.0. The van der Waals surface area contributed by atoms with Gasteiger partial charge in [-0.05, 0) is 32.9 Å². The lowest BCUT2D eigenvalue weighted by Crippen LogP contribution is -2.48. The monoisotopic (exact) mass is 356 g/mol. The summed E-state index contributed by atoms with van der Waals surface area (Å²) in [6, 6.07) is 0.519. The predicted molar refractivity (Wildman–Crippen MR) is 105 cm³/mol. The van der Waals surface area contributed by atoms with E-state index in [4.69, 9.17) is 9.47 Å². The van der Waals surface area contributed by atoms with E-state index < -0.39 is 0 Å². The molecule has 0 bridgehead atoms. The van der Waals surface area contributed by atoms with Gasteiger partial charge < -0.3 is 25.0 Å². The van der Waals surface area contributed by atoms with Crippen LogP contribution in [0.25, 0.3) is 0 Å². The molecule has 6 nitrogen and oxygen atoms in total. The number of ether oxygens (including phenoxy) is 2. The van der Waals surface area contributed by atoms with Gasteiger partial charge in [0.2, 0.25) is 0 Å². The van der Waals surface area contributed by atoms with E-state index in [2.05, 4.69) is 48.5 Å². The Morgan fingerprint density at radius 2 is 2.04 bits per heavy atom. The molecule has 0 aromatic heterocycles. The van der Waals surface area contributed by atoms with E-state index in [1.54, 1.807) is 0 Å². The van der Waals surface area contributed by atoms with Gasteiger partial charge in [0.25, 0.3) is 0 Å². The molecule has 0 spiro atoms. The standard InChI is InChI=1S/C19H40N4O2/c1-6-17(7-2)18(23(4)5)13-22-19(20-3)21-10-8-11-24-14-16-9-12-25-15-16/h16-18H,6-15H2,1-5H3,(H2,20,21,22). The summed E-state index contributed by atoms with van der Waals surface area (Å²) in [5.41, 5.74) is 0. The van der Waals surface area contributed by atoms with Crippen LogP contribution in [0.5, 0.6) is 0 Å². The second-order valence-electron chi connectivity index (χ2n) is 7.15. The molecule has 0 saturated carbocycles. The van der Waals surface area contributed by atoms with Crippen molar-refractivity contribution in [3.8, 4) is 0 Å². The summed E-state index contributed by atoms with van der Waals surface area (Å²) in [4.78, 5) is 6.65. The third-order valence-corrected chi connectivity index (χ3v) is 5.09. The quantitative estimate of drug-likeness (QED) is 0.318. The van der Waals surface area contributed by atoms with Crippen molar-refractivity contribution in [3.05, 3.63) is 0 Å². The molecule has 148 valence electrons. The molecule has 0 aliphatic carbocycles. The van der Waals surface area contributed by atoms with E-state index in [0.717, 1.165) is 58.3 Å². The minimum atomic E-state index is 0.519. The molecule has 2 atom stereocenters. The largest absolute Gasteiger partial charge is 0.381 e. The van der Waals surface area contributed by atoms with E-state index in [1.807, 2.05) is 7.05 Å². The van der Waals surface area contributed by atoms with Gasteiger partial charge in [0.05, 0.1) is 13.2 Å². The molecule has 0 aromatic rings. The lowest BCUT2D eigenvalue weighted by molar-refractivity contribution is 0.0888. The first-order valence-electron chi connectivity index (χ1n) is 9.88. The average Bonchev–Trinajstić information content (AvgIpc) is 3.12. The SMILES string of the molecule is CCC(CC)C(CNC(=NC)NCCCOCC1CCOC1)N(C)C. The summed E-state index contributed by atoms with van der Waals surface area (Å²) in [5, 5.41) is 6.86. The van der Waals surface area contributed by atoms with Crippen LogP contribution in [0.15, 0.2) is 4.99 Å². The fourth-order valence-corrected chi connectivity index (χ4v) is 3.37. The van der Waals surface area contributed by atoms with Crippen LogP contribution in [0.4, 0.5) is 0 Å². The maximum Gasteiger partial charge on any atom is 0.191 e. The van der Waals surface area contributed by atoms with Gasteiger partial charge in [-0.3, -0.25) is 4.99 Å². The van der Waals surface area contributed by atoms with Crippen LogP contribution in [0.3, 0.4) is 0 Å². The number of aliphatic imine (C=N–C) groups is 1. The van der Waals surface area contributed by atoms with Gasteiger partial charge in [0, 0.05) is 45.3 Å². The fourth-order valence-electron chi connectivity index (χ4n) is 3.37. The highest BCUT2D eigenvalue weighted by atomic mass is 16.5. The third-order valence-electron chi connectivity index (χ3n) is 5.09. The first-order valence-corrected chi connectivity index (χ1v) is 9.88. The van der Waals surface area contributed by atoms with E-state index in [-0.39, 0.29) is 0 Å². The molecule has 2 unspecified atom stereocenters. The maximum absolute atomic E-state index is 5.74. The molecular formula is C19H40N4O2. The van der Waals surface area contributed by atoms with Gasteiger partial charge in [0.15, 0.2) is 5.96 Å². The van der Waals surface area contributed by atoms with Gasteiger partial charge in [0.1, 0.15) is 0 Å². The fraction of sp³-hybridized carbons (Fsp3) is 0.947. The molecule has 25 heavy (non-hydrogen) atoms. The van der Waals surface area contributed by atoms with Gasteiger partial charge >= 0.3 is 0 Å². The number of likely N-dealkylation sites (N-methyl/N-ethyl adjacent to an activating group) is 1. The molecule has 6 heteroatoms. The van der Waals surface area contributed by atoms with E-state index >= 15 is 0 Å². The lowest BCUT2D eigenvalue weighted by atomic mass is 9.93. The topological polar surface area (TPSA) is 58.1 Å². The van der Waals surface area contributed by atoms with Crippen LogP contribution in [-0.4, -0.2) is 77.6 Å². The first-order chi connectivity index (χ1) is 12.1. The molecule has 0 aromatic carbocycles. The minimum Gasteiger partial charge on any atom is -0.381 e. The van der Waals surface area contributed by atoms with Crippen LogP contribution >= 0.6 is 0 Å². The number of hydrogen-bond donors (Lipinski definition) is 2. The lowest BCUT2D eigenvalue weighted by Gasteiger charge is -2.32. The number of guanidine groups is 1. The van der Waals surface area contributed by atoms with Crippen LogP contribution in [0, 0.1) is 11.8 Å². The second kappa shape index (κ2) is 13.4. The highest BCUT2D eigenvalue weighted by Gasteiger charge is 2.20. The molecule has 1 rings (SSSR count). The third kappa shape index (κ3) is 8.88. The Hall–Kier alpha value is -0.850. The van der Waals surface area contributed by atoms with Crippen molar-refractivity contribution in [1.82, 2.24) is 15.5 Å². The Labute approximate surface area is 154 Å². The molecule has 1 fully saturated rings. The summed E-state index contributed by atoms with van der Waals surface area (Å²) in [5.74, 6) is 2.17. The average molecular weight is 357 g/mol. The summed E-state index contributed by atoms with van der Waals surface area (Å²) < 4.78 is 11.1. The van der Waals surface area contributed by atoms with Crippen molar-refractivity contribution < 1.29 is 9.47 Å². The van der Waals surface area contributed by atoms with Gasteiger partial charge in [-0.2, -0.15) is 0 Å². The molecule has 0 amide bonds. The van der Waals surface area contributed by atoms with Crippen molar-refractivity contribution in [2.45, 2.75) is 45.6 Å². The molecule has 0 radical (unpaired) electrons. The number of nitrogens with zero attached hydrogens (tertiary/aromatic N) is 2. The highest BCUT2D eigenvalue weighted by Crippen LogP contribution is 2.16. The Balaban J connectivity index is 2.17. The highest BCUT2D eigenvalue weighted by molar-refractivity contribution is 5.79. The molecular weight excluding hydrogens is 316 g/mol. The first kappa shape index (κ1) is 22.2. The number of hydrogen-bond acceptors (Lipinski definition) is 4. The zero-order chi connectivity index (χ0) is 18.5. The maximum atomic E-state index is 5.74. The molecule has 1 aliphatic heterocycles. The minimum absolute atomic E-state index is 0.519. The molecule has 1 heterocycles. The Kier molecular flexibility index (Phi) is 11.9. The van der Waals surface area contributed by atoms with Crippen LogP contribution < -0.4 is 10.6 Å². The van der Waals surface area contributed by atoms with Gasteiger partial charge in [-0.25, -0.2) is 0 Å². The zero-order valence-electron chi connectivity index (χ0n) is 17.0. The molecule has 1 saturated heterocycles. The van der Waals surface area contributed by atoms with Crippen molar-refractivity contribution in [3.63, 3.8) is 0 Å². The summed E-state index contributed by atoms with van der Waals surface area (Å²) in [6.07, 6.45) is 4.53. The van der Waals surface area contributed by atoms with Crippen molar-refractivity contribution in [1.29, 1.82) is 0 Å². The summed E-state index contributed by atoms with van der Waals surface area (Å²) in [6.45, 7) is 9.70. The Morgan fingerprint density at radius 1 is 1.28 bits per heavy atom. The van der Waals surface area contributed by atoms with E-state index in [1.165, 1.54) is 12.8 Å². The summed E-state index contributed by atoms with van der Waals surface area (Å²) >= 11 is 0. The van der Waals surface area contributed by atoms with Gasteiger partial charge in [-0.15, -0.1) is 0 Å². The summed E-state index contributed by atoms with van der Waals surface area (Å²) in [7, 11) is 6.15. The number of rotatable bonds is 12. The molecule has 2 N–H and O–H groups in total. The van der Waals surface area contributed by atoms with Crippen molar-refractivity contribution in [2.75, 3.05) is 60.7 Å². The smallest absolute Gasteiger partial charge is 0.191 e. The van der Waals surface area contributed by atoms with Gasteiger partial charge in [-0.1, -0.05) is 26.7 Å².